The molecule has 3 aliphatic rings. The number of carbonyl (C=O) groups excluding carboxylic acids is 2. The highest BCUT2D eigenvalue weighted by Crippen LogP contribution is 2.54. The number of carbonyl (C=O) groups is 2. The van der Waals surface area contributed by atoms with Crippen molar-refractivity contribution < 1.29 is 22.2 Å². The molecule has 2 aromatic rings. The Kier molecular flexibility index (Phi) is 6.39. The second-order valence-corrected chi connectivity index (χ2v) is 14.1. The largest absolute Gasteiger partial charge is 0.377 e. The molecule has 200 valence electrons. The third kappa shape index (κ3) is 4.71. The first-order valence-electron chi connectivity index (χ1n) is 12.7. The molecule has 0 saturated carbocycles. The van der Waals surface area contributed by atoms with Crippen molar-refractivity contribution in [1.82, 2.24) is 4.90 Å². The van der Waals surface area contributed by atoms with Gasteiger partial charge in [-0.05, 0) is 53.5 Å². The van der Waals surface area contributed by atoms with Gasteiger partial charge < -0.3 is 9.08 Å². The normalized spacial score (nSPS) is 21.4. The van der Waals surface area contributed by atoms with Crippen molar-refractivity contribution in [3.05, 3.63) is 81.7 Å². The molecule has 2 aromatic carbocycles. The third-order valence-corrected chi connectivity index (χ3v) is 9.24. The molecule has 0 radical (unpaired) electrons. The number of allylic oxidation sites excluding steroid dienone is 4. The fourth-order valence-corrected chi connectivity index (χ4v) is 7.26. The first kappa shape index (κ1) is 26.7. The van der Waals surface area contributed by atoms with E-state index in [1.165, 1.54) is 18.2 Å². The summed E-state index contributed by atoms with van der Waals surface area (Å²) in [6.07, 6.45) is 2.22. The summed E-state index contributed by atoms with van der Waals surface area (Å²) in [6.45, 7) is 8.36. The van der Waals surface area contributed by atoms with Crippen molar-refractivity contribution in [3.8, 4) is 5.75 Å². The Labute approximate surface area is 229 Å². The van der Waals surface area contributed by atoms with Crippen LogP contribution in [0.1, 0.15) is 64.9 Å². The molecular weight excluding hydrogens is 522 g/mol. The number of benzene rings is 2. The third-order valence-electron chi connectivity index (χ3n) is 7.70. The molecule has 8 heteroatoms. The van der Waals surface area contributed by atoms with E-state index in [-0.39, 0.29) is 38.1 Å². The fourth-order valence-electron chi connectivity index (χ4n) is 6.02. The van der Waals surface area contributed by atoms with Crippen LogP contribution in [0, 0.1) is 10.8 Å². The highest BCUT2D eigenvalue weighted by Gasteiger charge is 2.48. The first-order valence-corrected chi connectivity index (χ1v) is 14.5. The van der Waals surface area contributed by atoms with E-state index in [0.29, 0.717) is 29.6 Å². The van der Waals surface area contributed by atoms with Crippen LogP contribution < -0.4 is 4.18 Å². The van der Waals surface area contributed by atoms with E-state index >= 15 is 0 Å². The van der Waals surface area contributed by atoms with Gasteiger partial charge in [0, 0.05) is 48.3 Å². The summed E-state index contributed by atoms with van der Waals surface area (Å²) in [5.74, 6) is -0.510. The maximum absolute atomic E-state index is 13.6. The number of hydrogen-bond donors (Lipinski definition) is 0. The summed E-state index contributed by atoms with van der Waals surface area (Å²) in [4.78, 5) is 29.3. The second kappa shape index (κ2) is 9.09. The summed E-state index contributed by atoms with van der Waals surface area (Å²) in [7, 11) is -2.12. The summed E-state index contributed by atoms with van der Waals surface area (Å²) >= 11 is 6.58. The van der Waals surface area contributed by atoms with Crippen LogP contribution in [0.15, 0.2) is 76.0 Å². The molecule has 38 heavy (non-hydrogen) atoms. The van der Waals surface area contributed by atoms with Crippen LogP contribution in [0.4, 0.5) is 0 Å². The molecule has 0 fully saturated rings. The molecule has 2 aliphatic carbocycles. The summed E-state index contributed by atoms with van der Waals surface area (Å²) in [5, 5.41) is 0.0948. The molecule has 0 N–H and O–H groups in total. The lowest BCUT2D eigenvalue weighted by Crippen LogP contribution is -2.43. The zero-order valence-corrected chi connectivity index (χ0v) is 23.9. The predicted molar refractivity (Wildman–Crippen MR) is 146 cm³/mol. The SMILES string of the molecule is CN1C2=C(C(=O)CC(C)(C)C2)C(c2ccc(OS(=O)(=O)c3ccccc3)c(Cl)c2)C2=C1CC(C)(C)CC2=O. The second-order valence-electron chi connectivity index (χ2n) is 12.1. The van der Waals surface area contributed by atoms with Gasteiger partial charge in [0.1, 0.15) is 4.90 Å². The zero-order chi connectivity index (χ0) is 27.6. The Bertz CT molecular complexity index is 1460. The monoisotopic (exact) mass is 553 g/mol. The van der Waals surface area contributed by atoms with E-state index < -0.39 is 16.0 Å². The number of Topliss-reactive ketones (excluding diaryl/α,β-unsaturated/α-hetero) is 2. The van der Waals surface area contributed by atoms with E-state index in [4.69, 9.17) is 15.8 Å². The minimum absolute atomic E-state index is 0.0113. The minimum Gasteiger partial charge on any atom is -0.377 e. The fraction of sp³-hybridized carbons (Fsp3) is 0.400. The Balaban J connectivity index is 1.62. The van der Waals surface area contributed by atoms with Gasteiger partial charge in [-0.2, -0.15) is 8.42 Å². The zero-order valence-electron chi connectivity index (χ0n) is 22.3. The predicted octanol–water partition coefficient (Wildman–Crippen LogP) is 6.42. The van der Waals surface area contributed by atoms with Gasteiger partial charge in [0.15, 0.2) is 17.3 Å². The summed E-state index contributed by atoms with van der Waals surface area (Å²) in [5.41, 5.74) is 3.46. The van der Waals surface area contributed by atoms with E-state index in [2.05, 4.69) is 32.6 Å². The van der Waals surface area contributed by atoms with Crippen molar-refractivity contribution in [2.75, 3.05) is 7.05 Å². The lowest BCUT2D eigenvalue weighted by molar-refractivity contribution is -0.119. The van der Waals surface area contributed by atoms with Crippen molar-refractivity contribution in [1.29, 1.82) is 0 Å². The van der Waals surface area contributed by atoms with Gasteiger partial charge in [-0.1, -0.05) is 63.6 Å². The van der Waals surface area contributed by atoms with Gasteiger partial charge in [-0.3, -0.25) is 9.59 Å². The van der Waals surface area contributed by atoms with Crippen molar-refractivity contribution in [2.45, 2.75) is 64.2 Å². The lowest BCUT2D eigenvalue weighted by atomic mass is 9.64. The lowest BCUT2D eigenvalue weighted by Gasteiger charge is -2.47. The van der Waals surface area contributed by atoms with Gasteiger partial charge in [0.05, 0.1) is 5.02 Å². The summed E-state index contributed by atoms with van der Waals surface area (Å²) < 4.78 is 30.9. The average molecular weight is 554 g/mol. The molecule has 1 heterocycles. The van der Waals surface area contributed by atoms with Gasteiger partial charge in [-0.15, -0.1) is 0 Å². The molecule has 0 spiro atoms. The number of ketones is 2. The number of rotatable bonds is 4. The standard InChI is InChI=1S/C30H32ClNO5S/c1-29(2)14-21-27(23(33)16-29)26(28-22(32(21)5)15-30(3,4)17-24(28)34)18-11-12-25(20(31)13-18)37-38(35,36)19-9-7-6-8-10-19/h6-13,26H,14-17H2,1-5H3. The van der Waals surface area contributed by atoms with Crippen LogP contribution in [-0.2, 0) is 19.7 Å². The minimum atomic E-state index is -4.08. The average Bonchev–Trinajstić information content (AvgIpc) is 2.81. The molecule has 0 aromatic heterocycles. The smallest absolute Gasteiger partial charge is 0.339 e. The van der Waals surface area contributed by atoms with Crippen LogP contribution in [0.3, 0.4) is 0 Å². The highest BCUT2D eigenvalue weighted by molar-refractivity contribution is 7.87. The molecule has 0 amide bonds. The van der Waals surface area contributed by atoms with Crippen LogP contribution in [0.5, 0.6) is 5.75 Å². The number of halogens is 1. The van der Waals surface area contributed by atoms with E-state index in [1.54, 1.807) is 30.3 Å². The molecule has 6 nitrogen and oxygen atoms in total. The van der Waals surface area contributed by atoms with E-state index in [1.807, 2.05) is 7.05 Å². The van der Waals surface area contributed by atoms with Gasteiger partial charge >= 0.3 is 10.1 Å². The highest BCUT2D eigenvalue weighted by atomic mass is 35.5. The maximum atomic E-state index is 13.6. The number of nitrogens with zero attached hydrogens (tertiary/aromatic N) is 1. The molecule has 5 rings (SSSR count). The van der Waals surface area contributed by atoms with Crippen LogP contribution in [-0.4, -0.2) is 31.9 Å². The van der Waals surface area contributed by atoms with Gasteiger partial charge in [0.2, 0.25) is 0 Å². The summed E-state index contributed by atoms with van der Waals surface area (Å²) in [6, 6.07) is 12.7. The van der Waals surface area contributed by atoms with Crippen molar-refractivity contribution in [2.24, 2.45) is 10.8 Å². The van der Waals surface area contributed by atoms with Gasteiger partial charge in [0.25, 0.3) is 0 Å². The Morgan fingerprint density at radius 1 is 0.842 bits per heavy atom. The quantitative estimate of drug-likeness (QED) is 0.406. The van der Waals surface area contributed by atoms with Crippen LogP contribution >= 0.6 is 11.6 Å². The van der Waals surface area contributed by atoms with E-state index in [9.17, 15) is 18.0 Å². The molecule has 0 unspecified atom stereocenters. The molecule has 1 aliphatic heterocycles. The van der Waals surface area contributed by atoms with E-state index in [0.717, 1.165) is 24.2 Å². The number of hydrogen-bond acceptors (Lipinski definition) is 6. The molecule has 0 atom stereocenters. The van der Waals surface area contributed by atoms with Crippen LogP contribution in [0.25, 0.3) is 0 Å². The van der Waals surface area contributed by atoms with Crippen LogP contribution in [0.2, 0.25) is 5.02 Å². The Hall–Kier alpha value is -2.90. The van der Waals surface area contributed by atoms with Crippen molar-refractivity contribution >= 4 is 33.3 Å². The maximum Gasteiger partial charge on any atom is 0.339 e. The first-order chi connectivity index (χ1) is 17.7. The molecule has 0 bridgehead atoms. The Morgan fingerprint density at radius 3 is 1.87 bits per heavy atom. The van der Waals surface area contributed by atoms with Gasteiger partial charge in [-0.25, -0.2) is 0 Å². The topological polar surface area (TPSA) is 80.8 Å². The van der Waals surface area contributed by atoms with Crippen molar-refractivity contribution in [3.63, 3.8) is 0 Å². The molecule has 0 saturated heterocycles. The Morgan fingerprint density at radius 2 is 1.37 bits per heavy atom. The molecular formula is C30H32ClNO5S.